The largest absolute Gasteiger partial charge is 0.401 e. The van der Waals surface area contributed by atoms with Gasteiger partial charge in [0.2, 0.25) is 10.0 Å². The number of ether oxygens (including phenoxy) is 1. The summed E-state index contributed by atoms with van der Waals surface area (Å²) in [4.78, 5) is 0.126. The monoisotopic (exact) mass is 466 g/mol. The Morgan fingerprint density at radius 1 is 1.00 bits per heavy atom. The second kappa shape index (κ2) is 10.3. The van der Waals surface area contributed by atoms with Crippen molar-refractivity contribution < 1.29 is 26.3 Å². The average Bonchev–Trinajstić information content (AvgIpc) is 3.21. The number of nitrogens with one attached hydrogen (secondary N) is 1. The summed E-state index contributed by atoms with van der Waals surface area (Å²) in [6, 6.07) is 16.7. The molecule has 1 atom stereocenters. The van der Waals surface area contributed by atoms with Crippen LogP contribution in [-0.4, -0.2) is 32.4 Å². The molecule has 1 unspecified atom stereocenters. The zero-order valence-electron chi connectivity index (χ0n) is 17.5. The van der Waals surface area contributed by atoms with E-state index >= 15 is 0 Å². The molecule has 3 rings (SSSR count). The molecular formula is C23H25F3N2O3S. The quantitative estimate of drug-likeness (QED) is 0.441. The van der Waals surface area contributed by atoms with Crippen molar-refractivity contribution in [1.82, 2.24) is 9.29 Å². The standard InChI is InChI=1S/C23H25F3N2O3S/c1-2-31-16-15-28-14-6-9-21(28)22(23(24,25)26)19-12-10-18(11-13-19)17-27-32(29,30)20-7-4-3-5-8-20/h3-14,22,27H,2,15-17H2,1H3. The Kier molecular flexibility index (Phi) is 7.76. The molecular weight excluding hydrogens is 441 g/mol. The molecule has 0 saturated heterocycles. The van der Waals surface area contributed by atoms with Crippen LogP contribution in [0.4, 0.5) is 13.2 Å². The van der Waals surface area contributed by atoms with E-state index in [0.717, 1.165) is 0 Å². The lowest BCUT2D eigenvalue weighted by Crippen LogP contribution is -2.25. The highest BCUT2D eigenvalue weighted by atomic mass is 32.2. The van der Waals surface area contributed by atoms with E-state index in [-0.39, 0.29) is 22.7 Å². The molecule has 172 valence electrons. The molecule has 0 saturated carbocycles. The fraction of sp³-hybridized carbons (Fsp3) is 0.304. The van der Waals surface area contributed by atoms with Gasteiger partial charge in [0.15, 0.2) is 0 Å². The summed E-state index contributed by atoms with van der Waals surface area (Å²) in [6.45, 7) is 2.94. The summed E-state index contributed by atoms with van der Waals surface area (Å²) in [5, 5.41) is 0. The minimum Gasteiger partial charge on any atom is -0.380 e. The first-order valence-electron chi connectivity index (χ1n) is 10.2. The van der Waals surface area contributed by atoms with E-state index in [9.17, 15) is 21.6 Å². The lowest BCUT2D eigenvalue weighted by atomic mass is 9.94. The first-order valence-corrected chi connectivity index (χ1v) is 11.6. The first-order chi connectivity index (χ1) is 15.2. The molecule has 0 amide bonds. The molecule has 0 spiro atoms. The molecule has 32 heavy (non-hydrogen) atoms. The maximum Gasteiger partial charge on any atom is 0.401 e. The molecule has 1 N–H and O–H groups in total. The van der Waals surface area contributed by atoms with Crippen molar-refractivity contribution in [2.75, 3.05) is 13.2 Å². The fourth-order valence-corrected chi connectivity index (χ4v) is 4.46. The van der Waals surface area contributed by atoms with E-state index in [4.69, 9.17) is 4.74 Å². The van der Waals surface area contributed by atoms with Crippen molar-refractivity contribution in [2.45, 2.75) is 37.0 Å². The van der Waals surface area contributed by atoms with Crippen molar-refractivity contribution in [1.29, 1.82) is 0 Å². The molecule has 0 aliphatic rings. The third kappa shape index (κ3) is 5.99. The molecule has 0 aliphatic carbocycles. The van der Waals surface area contributed by atoms with Crippen LogP contribution in [0.2, 0.25) is 0 Å². The van der Waals surface area contributed by atoms with E-state index in [1.54, 1.807) is 35.0 Å². The second-order valence-electron chi connectivity index (χ2n) is 7.18. The number of sulfonamides is 1. The Labute approximate surface area is 185 Å². The zero-order chi connectivity index (χ0) is 23.2. The van der Waals surface area contributed by atoms with Crippen LogP contribution < -0.4 is 4.72 Å². The molecule has 9 heteroatoms. The number of rotatable bonds is 10. The van der Waals surface area contributed by atoms with Gasteiger partial charge in [-0.25, -0.2) is 13.1 Å². The Bertz CT molecular complexity index is 1100. The minimum absolute atomic E-state index is 0.0288. The third-order valence-electron chi connectivity index (χ3n) is 5.00. The molecule has 3 aromatic rings. The first kappa shape index (κ1) is 24.0. The highest BCUT2D eigenvalue weighted by molar-refractivity contribution is 7.89. The maximum absolute atomic E-state index is 14.0. The van der Waals surface area contributed by atoms with Crippen molar-refractivity contribution in [2.24, 2.45) is 0 Å². The average molecular weight is 467 g/mol. The van der Waals surface area contributed by atoms with E-state index in [1.165, 1.54) is 42.5 Å². The van der Waals surface area contributed by atoms with Crippen LogP contribution in [0.3, 0.4) is 0 Å². The van der Waals surface area contributed by atoms with Gasteiger partial charge in [-0.05, 0) is 42.3 Å². The van der Waals surface area contributed by atoms with E-state index in [2.05, 4.69) is 4.72 Å². The highest BCUT2D eigenvalue weighted by Gasteiger charge is 2.43. The third-order valence-corrected chi connectivity index (χ3v) is 6.42. The molecule has 0 radical (unpaired) electrons. The minimum atomic E-state index is -4.49. The van der Waals surface area contributed by atoms with Crippen LogP contribution in [0.1, 0.15) is 29.7 Å². The van der Waals surface area contributed by atoms with Gasteiger partial charge in [0.05, 0.1) is 11.5 Å². The smallest absolute Gasteiger partial charge is 0.380 e. The van der Waals surface area contributed by atoms with Gasteiger partial charge in [0.1, 0.15) is 5.92 Å². The van der Waals surface area contributed by atoms with Crippen LogP contribution >= 0.6 is 0 Å². The summed E-state index contributed by atoms with van der Waals surface area (Å²) in [7, 11) is -3.71. The molecule has 1 aromatic heterocycles. The number of aromatic nitrogens is 1. The SMILES string of the molecule is CCOCCn1cccc1C(c1ccc(CNS(=O)(=O)c2ccccc2)cc1)C(F)(F)F. The van der Waals surface area contributed by atoms with Crippen LogP contribution in [0.5, 0.6) is 0 Å². The normalized spacial score (nSPS) is 13.2. The van der Waals surface area contributed by atoms with E-state index in [0.29, 0.717) is 25.3 Å². The Hall–Kier alpha value is -2.62. The molecule has 0 aliphatic heterocycles. The molecule has 0 fully saturated rings. The number of hydrogen-bond acceptors (Lipinski definition) is 3. The summed E-state index contributed by atoms with van der Waals surface area (Å²) in [6.07, 6.45) is -2.88. The lowest BCUT2D eigenvalue weighted by molar-refractivity contribution is -0.142. The van der Waals surface area contributed by atoms with Crippen molar-refractivity contribution >= 4 is 10.0 Å². The summed E-state index contributed by atoms with van der Waals surface area (Å²) < 4.78 is 76.0. The van der Waals surface area contributed by atoms with Gasteiger partial charge in [-0.3, -0.25) is 0 Å². The van der Waals surface area contributed by atoms with Gasteiger partial charge < -0.3 is 9.30 Å². The number of hydrogen-bond donors (Lipinski definition) is 1. The Morgan fingerprint density at radius 3 is 2.31 bits per heavy atom. The van der Waals surface area contributed by atoms with Gasteiger partial charge in [-0.2, -0.15) is 13.2 Å². The number of halogens is 3. The molecule has 0 bridgehead atoms. The number of alkyl halides is 3. The second-order valence-corrected chi connectivity index (χ2v) is 8.94. The van der Waals surface area contributed by atoms with Gasteiger partial charge in [-0.15, -0.1) is 0 Å². The summed E-state index contributed by atoms with van der Waals surface area (Å²) >= 11 is 0. The Balaban J connectivity index is 1.77. The molecule has 5 nitrogen and oxygen atoms in total. The van der Waals surface area contributed by atoms with Crippen molar-refractivity contribution in [3.8, 4) is 0 Å². The van der Waals surface area contributed by atoms with Gasteiger partial charge in [0.25, 0.3) is 0 Å². The lowest BCUT2D eigenvalue weighted by Gasteiger charge is -2.23. The van der Waals surface area contributed by atoms with Crippen LogP contribution in [0.15, 0.2) is 77.8 Å². The van der Waals surface area contributed by atoms with E-state index in [1.807, 2.05) is 6.92 Å². The van der Waals surface area contributed by atoms with Gasteiger partial charge in [0, 0.05) is 31.6 Å². The highest BCUT2D eigenvalue weighted by Crippen LogP contribution is 2.40. The molecule has 2 aromatic carbocycles. The van der Waals surface area contributed by atoms with Crippen molar-refractivity contribution in [3.63, 3.8) is 0 Å². The zero-order valence-corrected chi connectivity index (χ0v) is 18.4. The number of benzene rings is 2. The van der Waals surface area contributed by atoms with Gasteiger partial charge in [-0.1, -0.05) is 42.5 Å². The molecule has 1 heterocycles. The fourth-order valence-electron chi connectivity index (χ4n) is 3.42. The van der Waals surface area contributed by atoms with Gasteiger partial charge >= 0.3 is 6.18 Å². The van der Waals surface area contributed by atoms with Crippen LogP contribution in [0.25, 0.3) is 0 Å². The maximum atomic E-state index is 14.0. The predicted octanol–water partition coefficient (Wildman–Crippen LogP) is 4.70. The number of nitrogens with zero attached hydrogens (tertiary/aromatic N) is 1. The summed E-state index contributed by atoms with van der Waals surface area (Å²) in [5.41, 5.74) is 0.777. The topological polar surface area (TPSA) is 60.3 Å². The predicted molar refractivity (Wildman–Crippen MR) is 116 cm³/mol. The van der Waals surface area contributed by atoms with E-state index < -0.39 is 22.1 Å². The summed E-state index contributed by atoms with van der Waals surface area (Å²) in [5.74, 6) is -1.80. The van der Waals surface area contributed by atoms with Crippen LogP contribution in [0, 0.1) is 0 Å². The van der Waals surface area contributed by atoms with Crippen LogP contribution in [-0.2, 0) is 27.8 Å². The van der Waals surface area contributed by atoms with Crippen molar-refractivity contribution in [3.05, 3.63) is 89.7 Å². The Morgan fingerprint density at radius 2 is 1.69 bits per heavy atom.